The van der Waals surface area contributed by atoms with Gasteiger partial charge in [0.1, 0.15) is 12.1 Å². The molecule has 4 rings (SSSR count). The number of rotatable bonds is 3. The summed E-state index contributed by atoms with van der Waals surface area (Å²) in [5.74, 6) is -0.295. The third-order valence-corrected chi connectivity index (χ3v) is 5.39. The molecule has 0 radical (unpaired) electrons. The molecule has 3 heterocycles. The maximum atomic E-state index is 13.1. The molecule has 2 amide bonds. The van der Waals surface area contributed by atoms with E-state index in [0.29, 0.717) is 24.2 Å². The SMILES string of the molecule is O=C1CCC(C(=O)N2CC(Oc3nc4c(C(F)(F)F)cccc4s3)C2)NN1. The van der Waals surface area contributed by atoms with Crippen molar-refractivity contribution >= 4 is 33.4 Å². The second-order valence-electron chi connectivity index (χ2n) is 6.40. The van der Waals surface area contributed by atoms with Crippen LogP contribution >= 0.6 is 11.3 Å². The van der Waals surface area contributed by atoms with Crippen molar-refractivity contribution in [1.82, 2.24) is 20.7 Å². The molecular formula is C16H15F3N4O3S. The number of alkyl halides is 3. The van der Waals surface area contributed by atoms with Crippen molar-refractivity contribution < 1.29 is 27.5 Å². The highest BCUT2D eigenvalue weighted by Gasteiger charge is 2.38. The molecule has 0 saturated carbocycles. The lowest BCUT2D eigenvalue weighted by atomic mass is 10.1. The predicted molar refractivity (Wildman–Crippen MR) is 89.9 cm³/mol. The van der Waals surface area contributed by atoms with Crippen molar-refractivity contribution in [1.29, 1.82) is 0 Å². The molecule has 144 valence electrons. The van der Waals surface area contributed by atoms with Gasteiger partial charge in [0.05, 0.1) is 28.9 Å². The third kappa shape index (κ3) is 3.56. The number of carbonyl (C=O) groups is 2. The van der Waals surface area contributed by atoms with E-state index in [4.69, 9.17) is 4.74 Å². The number of likely N-dealkylation sites (tertiary alicyclic amines) is 1. The Bertz CT molecular complexity index is 885. The van der Waals surface area contributed by atoms with Crippen LogP contribution in [0.3, 0.4) is 0 Å². The monoisotopic (exact) mass is 400 g/mol. The number of hydrogen-bond acceptors (Lipinski definition) is 6. The van der Waals surface area contributed by atoms with Gasteiger partial charge in [-0.2, -0.15) is 13.2 Å². The van der Waals surface area contributed by atoms with E-state index in [-0.39, 0.29) is 35.0 Å². The van der Waals surface area contributed by atoms with Crippen LogP contribution in [0.25, 0.3) is 10.2 Å². The van der Waals surface area contributed by atoms with Crippen molar-refractivity contribution in [3.05, 3.63) is 23.8 Å². The van der Waals surface area contributed by atoms with Crippen LogP contribution in [0.15, 0.2) is 18.2 Å². The van der Waals surface area contributed by atoms with E-state index in [1.165, 1.54) is 6.07 Å². The lowest BCUT2D eigenvalue weighted by Crippen LogP contribution is -2.63. The molecule has 1 aromatic heterocycles. The number of thiazole rings is 1. The first kappa shape index (κ1) is 18.0. The fourth-order valence-electron chi connectivity index (χ4n) is 3.03. The number of hydrazine groups is 1. The van der Waals surface area contributed by atoms with Crippen LogP contribution in [0.2, 0.25) is 0 Å². The summed E-state index contributed by atoms with van der Waals surface area (Å²) in [6, 6.07) is 3.42. The summed E-state index contributed by atoms with van der Waals surface area (Å²) in [4.78, 5) is 29.0. The Morgan fingerprint density at radius 2 is 2.11 bits per heavy atom. The highest BCUT2D eigenvalue weighted by Crippen LogP contribution is 2.38. The predicted octanol–water partition coefficient (Wildman–Crippen LogP) is 1.69. The number of carbonyl (C=O) groups excluding carboxylic acids is 2. The van der Waals surface area contributed by atoms with Crippen LogP contribution in [0.1, 0.15) is 18.4 Å². The van der Waals surface area contributed by atoms with Crippen molar-refractivity contribution in [3.63, 3.8) is 0 Å². The first-order valence-corrected chi connectivity index (χ1v) is 9.09. The zero-order chi connectivity index (χ0) is 19.2. The Labute approximate surface area is 155 Å². The maximum Gasteiger partial charge on any atom is 0.418 e. The number of amides is 2. The number of benzene rings is 1. The number of nitrogens with one attached hydrogen (secondary N) is 2. The van der Waals surface area contributed by atoms with Crippen LogP contribution in [0.4, 0.5) is 13.2 Å². The minimum absolute atomic E-state index is 0.126. The minimum Gasteiger partial charge on any atom is -0.463 e. The van der Waals surface area contributed by atoms with Gasteiger partial charge in [-0.3, -0.25) is 15.0 Å². The molecular weight excluding hydrogens is 385 g/mol. The average Bonchev–Trinajstić information content (AvgIpc) is 2.99. The molecule has 1 atom stereocenters. The van der Waals surface area contributed by atoms with E-state index in [1.54, 1.807) is 11.0 Å². The second kappa shape index (κ2) is 6.64. The smallest absolute Gasteiger partial charge is 0.418 e. The van der Waals surface area contributed by atoms with Crippen molar-refractivity contribution in [3.8, 4) is 5.19 Å². The van der Waals surface area contributed by atoms with E-state index in [1.807, 2.05) is 0 Å². The third-order valence-electron chi connectivity index (χ3n) is 4.48. The lowest BCUT2D eigenvalue weighted by molar-refractivity contribution is -0.144. The number of halogens is 3. The van der Waals surface area contributed by atoms with Gasteiger partial charge in [-0.15, -0.1) is 0 Å². The van der Waals surface area contributed by atoms with Crippen LogP contribution in [0.5, 0.6) is 5.19 Å². The Morgan fingerprint density at radius 3 is 2.78 bits per heavy atom. The van der Waals surface area contributed by atoms with Crippen LogP contribution in [-0.2, 0) is 15.8 Å². The molecule has 27 heavy (non-hydrogen) atoms. The Morgan fingerprint density at radius 1 is 1.33 bits per heavy atom. The van der Waals surface area contributed by atoms with Gasteiger partial charge in [0, 0.05) is 6.42 Å². The molecule has 0 spiro atoms. The van der Waals surface area contributed by atoms with Gasteiger partial charge in [0.2, 0.25) is 11.8 Å². The molecule has 2 aliphatic heterocycles. The number of nitrogens with zero attached hydrogens (tertiary/aromatic N) is 2. The van der Waals surface area contributed by atoms with Crippen molar-refractivity contribution in [2.75, 3.05) is 13.1 Å². The molecule has 2 aromatic rings. The Hall–Kier alpha value is -2.40. The highest BCUT2D eigenvalue weighted by molar-refractivity contribution is 7.20. The zero-order valence-corrected chi connectivity index (χ0v) is 14.7. The summed E-state index contributed by atoms with van der Waals surface area (Å²) in [5.41, 5.74) is 4.19. The standard InChI is InChI=1S/C16H15F3N4O3S/c17-16(18,19)9-2-1-3-11-13(9)20-15(27-11)26-8-6-23(7-8)14(25)10-4-5-12(24)22-21-10/h1-3,8,10,21H,4-7H2,(H,22,24). The molecule has 0 bridgehead atoms. The van der Waals surface area contributed by atoms with Gasteiger partial charge in [0.15, 0.2) is 0 Å². The zero-order valence-electron chi connectivity index (χ0n) is 13.9. The molecule has 7 nitrogen and oxygen atoms in total. The number of para-hydroxylation sites is 1. The van der Waals surface area contributed by atoms with E-state index >= 15 is 0 Å². The Kier molecular flexibility index (Phi) is 4.42. The quantitative estimate of drug-likeness (QED) is 0.819. The van der Waals surface area contributed by atoms with Crippen LogP contribution < -0.4 is 15.6 Å². The summed E-state index contributed by atoms with van der Waals surface area (Å²) in [7, 11) is 0. The molecule has 2 aliphatic rings. The summed E-state index contributed by atoms with van der Waals surface area (Å²) in [6.45, 7) is 0.653. The molecule has 0 aliphatic carbocycles. The largest absolute Gasteiger partial charge is 0.463 e. The van der Waals surface area contributed by atoms with E-state index in [9.17, 15) is 22.8 Å². The molecule has 2 N–H and O–H groups in total. The first-order chi connectivity index (χ1) is 12.8. The van der Waals surface area contributed by atoms with E-state index in [2.05, 4.69) is 15.8 Å². The van der Waals surface area contributed by atoms with Crippen LogP contribution in [0, 0.1) is 0 Å². The lowest BCUT2D eigenvalue weighted by Gasteiger charge is -2.40. The summed E-state index contributed by atoms with van der Waals surface area (Å²) < 4.78 is 45.2. The topological polar surface area (TPSA) is 83.6 Å². The fourth-order valence-corrected chi connectivity index (χ4v) is 3.93. The molecule has 2 fully saturated rings. The van der Waals surface area contributed by atoms with Gasteiger partial charge < -0.3 is 9.64 Å². The summed E-state index contributed by atoms with van der Waals surface area (Å²) in [6.07, 6.45) is -4.09. The number of aromatic nitrogens is 1. The van der Waals surface area contributed by atoms with E-state index < -0.39 is 17.8 Å². The summed E-state index contributed by atoms with van der Waals surface area (Å²) in [5, 5.41) is 0.154. The minimum atomic E-state index is -4.48. The molecule has 1 aromatic carbocycles. The average molecular weight is 400 g/mol. The van der Waals surface area contributed by atoms with Crippen LogP contribution in [-0.4, -0.2) is 46.9 Å². The molecule has 1 unspecified atom stereocenters. The maximum absolute atomic E-state index is 13.1. The van der Waals surface area contributed by atoms with Gasteiger partial charge >= 0.3 is 6.18 Å². The number of ether oxygens (including phenoxy) is 1. The van der Waals surface area contributed by atoms with Gasteiger partial charge in [-0.1, -0.05) is 17.4 Å². The van der Waals surface area contributed by atoms with Crippen molar-refractivity contribution in [2.24, 2.45) is 0 Å². The number of fused-ring (bicyclic) bond motifs is 1. The van der Waals surface area contributed by atoms with Gasteiger partial charge in [-0.25, -0.2) is 10.4 Å². The molecule has 2 saturated heterocycles. The fraction of sp³-hybridized carbons (Fsp3) is 0.438. The first-order valence-electron chi connectivity index (χ1n) is 8.28. The summed E-state index contributed by atoms with van der Waals surface area (Å²) >= 11 is 1.05. The highest BCUT2D eigenvalue weighted by atomic mass is 32.1. The van der Waals surface area contributed by atoms with E-state index in [0.717, 1.165) is 17.4 Å². The van der Waals surface area contributed by atoms with Gasteiger partial charge in [-0.05, 0) is 18.6 Å². The normalized spacial score (nSPS) is 21.1. The number of hydrogen-bond donors (Lipinski definition) is 2. The molecule has 11 heteroatoms. The Balaban J connectivity index is 1.37. The van der Waals surface area contributed by atoms with Gasteiger partial charge in [0.25, 0.3) is 5.19 Å². The second-order valence-corrected chi connectivity index (χ2v) is 7.39. The van der Waals surface area contributed by atoms with Crippen molar-refractivity contribution in [2.45, 2.75) is 31.2 Å².